The van der Waals surface area contributed by atoms with Crippen molar-refractivity contribution < 1.29 is 23.9 Å². The Labute approximate surface area is 162 Å². The number of rotatable bonds is 4. The summed E-state index contributed by atoms with van der Waals surface area (Å²) in [4.78, 5) is 35.1. The first-order chi connectivity index (χ1) is 13.3. The molecule has 0 radical (unpaired) electrons. The first kappa shape index (κ1) is 20.6. The molecule has 0 aliphatic rings. The molecule has 0 aliphatic carbocycles. The van der Waals surface area contributed by atoms with Gasteiger partial charge in [0.25, 0.3) is 0 Å². The van der Waals surface area contributed by atoms with Crippen LogP contribution in [0.2, 0.25) is 0 Å². The van der Waals surface area contributed by atoms with Gasteiger partial charge in [0.05, 0.1) is 14.2 Å². The SMILES string of the molecule is COC(=O)Nc1ccc(C)c(NC(=O)Nc2ccc(C)c(NC(=O)OC)c2)c1. The number of nitrogens with one attached hydrogen (secondary N) is 4. The van der Waals surface area contributed by atoms with E-state index in [1.165, 1.54) is 14.2 Å². The predicted octanol–water partition coefficient (Wildman–Crippen LogP) is 4.30. The van der Waals surface area contributed by atoms with Crippen molar-refractivity contribution in [1.82, 2.24) is 0 Å². The maximum Gasteiger partial charge on any atom is 0.411 e. The number of aryl methyl sites for hydroxylation is 2. The van der Waals surface area contributed by atoms with E-state index in [2.05, 4.69) is 30.7 Å². The number of methoxy groups -OCH3 is 2. The van der Waals surface area contributed by atoms with Crippen LogP contribution >= 0.6 is 0 Å². The van der Waals surface area contributed by atoms with E-state index in [-0.39, 0.29) is 0 Å². The summed E-state index contributed by atoms with van der Waals surface area (Å²) in [5.74, 6) is 0. The molecule has 0 bridgehead atoms. The maximum absolute atomic E-state index is 12.4. The summed E-state index contributed by atoms with van der Waals surface area (Å²) < 4.78 is 9.13. The topological polar surface area (TPSA) is 118 Å². The minimum Gasteiger partial charge on any atom is -0.453 e. The largest absolute Gasteiger partial charge is 0.453 e. The number of benzene rings is 2. The van der Waals surface area contributed by atoms with Gasteiger partial charge in [0.1, 0.15) is 0 Å². The van der Waals surface area contributed by atoms with Gasteiger partial charge in [-0.2, -0.15) is 0 Å². The smallest absolute Gasteiger partial charge is 0.411 e. The molecule has 9 nitrogen and oxygen atoms in total. The Kier molecular flexibility index (Phi) is 6.80. The van der Waals surface area contributed by atoms with Crippen LogP contribution in [0.5, 0.6) is 0 Å². The van der Waals surface area contributed by atoms with E-state index >= 15 is 0 Å². The molecule has 0 saturated heterocycles. The van der Waals surface area contributed by atoms with Gasteiger partial charge < -0.3 is 20.1 Å². The molecule has 0 aromatic heterocycles. The lowest BCUT2D eigenvalue weighted by Crippen LogP contribution is -2.20. The first-order valence-electron chi connectivity index (χ1n) is 8.31. The van der Waals surface area contributed by atoms with Crippen molar-refractivity contribution in [3.63, 3.8) is 0 Å². The number of carbonyl (C=O) groups is 3. The van der Waals surface area contributed by atoms with Crippen molar-refractivity contribution in [2.75, 3.05) is 35.5 Å². The number of ether oxygens (including phenoxy) is 2. The van der Waals surface area contributed by atoms with E-state index in [0.29, 0.717) is 22.7 Å². The van der Waals surface area contributed by atoms with Crippen molar-refractivity contribution in [3.05, 3.63) is 47.5 Å². The molecule has 0 unspecified atom stereocenters. The van der Waals surface area contributed by atoms with Crippen LogP contribution in [0.1, 0.15) is 11.1 Å². The summed E-state index contributed by atoms with van der Waals surface area (Å²) in [6, 6.07) is 9.67. The van der Waals surface area contributed by atoms with Crippen molar-refractivity contribution in [3.8, 4) is 0 Å². The van der Waals surface area contributed by atoms with Gasteiger partial charge in [-0.3, -0.25) is 10.6 Å². The van der Waals surface area contributed by atoms with Crippen LogP contribution in [0.3, 0.4) is 0 Å². The molecule has 0 saturated carbocycles. The predicted molar refractivity (Wildman–Crippen MR) is 107 cm³/mol. The van der Waals surface area contributed by atoms with Crippen molar-refractivity contribution in [2.24, 2.45) is 0 Å². The molecule has 9 heteroatoms. The summed E-state index contributed by atoms with van der Waals surface area (Å²) >= 11 is 0. The molecule has 4 N–H and O–H groups in total. The van der Waals surface area contributed by atoms with Gasteiger partial charge in [-0.15, -0.1) is 0 Å². The number of carbonyl (C=O) groups excluding carboxylic acids is 3. The molecule has 0 spiro atoms. The van der Waals surface area contributed by atoms with Gasteiger partial charge >= 0.3 is 18.2 Å². The van der Waals surface area contributed by atoms with E-state index in [1.54, 1.807) is 36.4 Å². The third-order valence-electron chi connectivity index (χ3n) is 3.84. The Balaban J connectivity index is 2.10. The Morgan fingerprint density at radius 2 is 1.14 bits per heavy atom. The molecule has 4 amide bonds. The Hall–Kier alpha value is -3.75. The number of hydrogen-bond donors (Lipinski definition) is 4. The molecule has 0 atom stereocenters. The second-order valence-electron chi connectivity index (χ2n) is 5.87. The lowest BCUT2D eigenvalue weighted by molar-refractivity contribution is 0.186. The van der Waals surface area contributed by atoms with E-state index in [4.69, 9.17) is 0 Å². The third-order valence-corrected chi connectivity index (χ3v) is 3.84. The highest BCUT2D eigenvalue weighted by molar-refractivity contribution is 6.01. The highest BCUT2D eigenvalue weighted by Gasteiger charge is 2.10. The summed E-state index contributed by atoms with van der Waals surface area (Å²) in [5.41, 5.74) is 3.62. The van der Waals surface area contributed by atoms with Gasteiger partial charge in [0.2, 0.25) is 0 Å². The molecule has 0 fully saturated rings. The van der Waals surface area contributed by atoms with Crippen molar-refractivity contribution in [2.45, 2.75) is 13.8 Å². The van der Waals surface area contributed by atoms with Gasteiger partial charge in [-0.25, -0.2) is 14.4 Å². The molecule has 0 heterocycles. The van der Waals surface area contributed by atoms with Crippen LogP contribution in [-0.2, 0) is 9.47 Å². The minimum absolute atomic E-state index is 0.479. The Morgan fingerprint density at radius 1 is 0.679 bits per heavy atom. The lowest BCUT2D eigenvalue weighted by atomic mass is 10.1. The molecule has 2 aromatic rings. The molecule has 28 heavy (non-hydrogen) atoms. The van der Waals surface area contributed by atoms with Crippen LogP contribution in [0.4, 0.5) is 37.1 Å². The highest BCUT2D eigenvalue weighted by atomic mass is 16.5. The monoisotopic (exact) mass is 386 g/mol. The zero-order valence-electron chi connectivity index (χ0n) is 16.0. The second kappa shape index (κ2) is 9.26. The van der Waals surface area contributed by atoms with Crippen LogP contribution in [0.15, 0.2) is 36.4 Å². The zero-order chi connectivity index (χ0) is 20.7. The van der Waals surface area contributed by atoms with Crippen LogP contribution in [0.25, 0.3) is 0 Å². The second-order valence-corrected chi connectivity index (χ2v) is 5.87. The number of anilines is 4. The molecule has 2 aromatic carbocycles. The van der Waals surface area contributed by atoms with Gasteiger partial charge in [-0.1, -0.05) is 12.1 Å². The summed E-state index contributed by atoms with van der Waals surface area (Å²) in [7, 11) is 2.53. The normalized spacial score (nSPS) is 9.86. The zero-order valence-corrected chi connectivity index (χ0v) is 16.0. The number of amides is 4. The van der Waals surface area contributed by atoms with E-state index < -0.39 is 18.2 Å². The fourth-order valence-electron chi connectivity index (χ4n) is 2.28. The molecule has 2 rings (SSSR count). The third kappa shape index (κ3) is 5.63. The van der Waals surface area contributed by atoms with E-state index in [1.807, 2.05) is 13.8 Å². The number of hydrogen-bond acceptors (Lipinski definition) is 5. The highest BCUT2D eigenvalue weighted by Crippen LogP contribution is 2.23. The maximum atomic E-state index is 12.4. The fourth-order valence-corrected chi connectivity index (χ4v) is 2.28. The van der Waals surface area contributed by atoms with Crippen LogP contribution in [0, 0.1) is 13.8 Å². The summed E-state index contributed by atoms with van der Waals surface area (Å²) in [6.45, 7) is 3.64. The summed E-state index contributed by atoms with van der Waals surface area (Å²) in [6.07, 6.45) is -1.21. The number of urea groups is 1. The molecule has 0 aliphatic heterocycles. The quantitative estimate of drug-likeness (QED) is 0.625. The average molecular weight is 386 g/mol. The Bertz CT molecular complexity index is 898. The van der Waals surface area contributed by atoms with Gasteiger partial charge in [0.15, 0.2) is 0 Å². The van der Waals surface area contributed by atoms with Crippen molar-refractivity contribution in [1.29, 1.82) is 0 Å². The minimum atomic E-state index is -0.607. The summed E-state index contributed by atoms with van der Waals surface area (Å²) in [5, 5.41) is 10.5. The lowest BCUT2D eigenvalue weighted by Gasteiger charge is -2.13. The molecular formula is C19H22N4O5. The standard InChI is InChI=1S/C19H22N4O5/c1-11-6-8-14(21-18(25)27-3)10-15(11)22-17(24)20-13-7-5-12(2)16(9-13)23-19(26)28-4/h5-10H,1-4H3,(H,21,25)(H,23,26)(H2,20,22,24). The van der Waals surface area contributed by atoms with Gasteiger partial charge in [0, 0.05) is 22.7 Å². The van der Waals surface area contributed by atoms with Crippen molar-refractivity contribution >= 4 is 41.0 Å². The van der Waals surface area contributed by atoms with E-state index in [0.717, 1.165) is 11.1 Å². The average Bonchev–Trinajstić information content (AvgIpc) is 2.66. The van der Waals surface area contributed by atoms with E-state index in [9.17, 15) is 14.4 Å². The van der Waals surface area contributed by atoms with Gasteiger partial charge in [-0.05, 0) is 49.2 Å². The molecule has 148 valence electrons. The fraction of sp³-hybridized carbons (Fsp3) is 0.211. The Morgan fingerprint density at radius 3 is 1.68 bits per heavy atom. The van der Waals surface area contributed by atoms with Crippen LogP contribution in [-0.4, -0.2) is 32.4 Å². The van der Waals surface area contributed by atoms with Crippen LogP contribution < -0.4 is 21.3 Å². The first-order valence-corrected chi connectivity index (χ1v) is 8.31. The molecular weight excluding hydrogens is 364 g/mol.